The van der Waals surface area contributed by atoms with Gasteiger partial charge in [-0.3, -0.25) is 0 Å². The summed E-state index contributed by atoms with van der Waals surface area (Å²) in [6.07, 6.45) is 1.75. The van der Waals surface area contributed by atoms with Crippen LogP contribution in [-0.4, -0.2) is 25.2 Å². The Hall–Kier alpha value is -1.85. The van der Waals surface area contributed by atoms with Crippen molar-refractivity contribution in [2.45, 2.75) is 62.3 Å². The molecule has 0 bridgehead atoms. The average Bonchev–Trinajstić information content (AvgIpc) is 3.47. The molecule has 0 spiro atoms. The first-order chi connectivity index (χ1) is 13.4. The first-order valence-corrected chi connectivity index (χ1v) is 10.1. The van der Waals surface area contributed by atoms with E-state index >= 15 is 0 Å². The monoisotopic (exact) mass is 388 g/mol. The topological polar surface area (TPSA) is 24.1 Å². The highest BCUT2D eigenvalue weighted by Gasteiger charge is 2.39. The Morgan fingerprint density at radius 1 is 0.857 bits per heavy atom. The summed E-state index contributed by atoms with van der Waals surface area (Å²) in [6, 6.07) is 15.4. The second-order valence-electron chi connectivity index (χ2n) is 8.15. The van der Waals surface area contributed by atoms with Gasteiger partial charge >= 0.3 is 6.18 Å². The van der Waals surface area contributed by atoms with E-state index in [0.29, 0.717) is 29.6 Å². The molecule has 0 saturated heterocycles. The van der Waals surface area contributed by atoms with E-state index in [4.69, 9.17) is 0 Å². The summed E-state index contributed by atoms with van der Waals surface area (Å²) in [6.45, 7) is 0. The Morgan fingerprint density at radius 3 is 2.18 bits per heavy atom. The highest BCUT2D eigenvalue weighted by molar-refractivity contribution is 5.65. The average molecular weight is 388 g/mol. The summed E-state index contributed by atoms with van der Waals surface area (Å²) in [5.74, 6) is 0.526. The molecule has 2 nitrogen and oxygen atoms in total. The van der Waals surface area contributed by atoms with Gasteiger partial charge in [0.25, 0.3) is 0 Å². The van der Waals surface area contributed by atoms with E-state index in [1.807, 2.05) is 19.2 Å². The Labute approximate surface area is 164 Å². The molecule has 2 aromatic rings. The lowest BCUT2D eigenvalue weighted by molar-refractivity contribution is -0.137. The molecular formula is C23H27F3N2. The molecule has 2 saturated carbocycles. The van der Waals surface area contributed by atoms with E-state index in [9.17, 15) is 13.2 Å². The van der Waals surface area contributed by atoms with Gasteiger partial charge < -0.3 is 10.6 Å². The minimum Gasteiger partial charge on any atom is -0.317 e. The normalized spacial score (nSPS) is 27.6. The third-order valence-electron chi connectivity index (χ3n) is 6.24. The van der Waals surface area contributed by atoms with Crippen LogP contribution in [0.25, 0.3) is 11.1 Å². The van der Waals surface area contributed by atoms with Gasteiger partial charge in [0, 0.05) is 24.0 Å². The second kappa shape index (κ2) is 7.88. The summed E-state index contributed by atoms with van der Waals surface area (Å²) < 4.78 is 38.8. The van der Waals surface area contributed by atoms with Crippen molar-refractivity contribution >= 4 is 0 Å². The highest BCUT2D eigenvalue weighted by Crippen LogP contribution is 2.42. The van der Waals surface area contributed by atoms with Crippen molar-refractivity contribution in [2.24, 2.45) is 0 Å². The second-order valence-corrected chi connectivity index (χ2v) is 8.15. The van der Waals surface area contributed by atoms with Crippen LogP contribution in [-0.2, 0) is 6.18 Å². The smallest absolute Gasteiger partial charge is 0.317 e. The van der Waals surface area contributed by atoms with E-state index in [1.54, 1.807) is 6.07 Å². The lowest BCUT2D eigenvalue weighted by Crippen LogP contribution is -2.39. The lowest BCUT2D eigenvalue weighted by atomic mass is 9.91. The van der Waals surface area contributed by atoms with Crippen LogP contribution in [0, 0.1) is 0 Å². The van der Waals surface area contributed by atoms with Crippen molar-refractivity contribution in [1.82, 2.24) is 10.6 Å². The first-order valence-electron chi connectivity index (χ1n) is 10.1. The fraction of sp³-hybridized carbons (Fsp3) is 0.478. The van der Waals surface area contributed by atoms with Crippen LogP contribution >= 0.6 is 0 Å². The van der Waals surface area contributed by atoms with Crippen molar-refractivity contribution in [1.29, 1.82) is 0 Å². The molecule has 2 aromatic carbocycles. The van der Waals surface area contributed by atoms with Crippen LogP contribution in [0.4, 0.5) is 13.2 Å². The molecule has 28 heavy (non-hydrogen) atoms. The van der Waals surface area contributed by atoms with E-state index < -0.39 is 11.7 Å². The summed E-state index contributed by atoms with van der Waals surface area (Å²) in [4.78, 5) is 0. The van der Waals surface area contributed by atoms with Crippen LogP contribution in [0.3, 0.4) is 0 Å². The third kappa shape index (κ3) is 4.41. The molecule has 0 radical (unpaired) electrons. The largest absolute Gasteiger partial charge is 0.416 e. The number of hydrogen-bond donors (Lipinski definition) is 2. The van der Waals surface area contributed by atoms with E-state index in [2.05, 4.69) is 22.8 Å². The van der Waals surface area contributed by atoms with Gasteiger partial charge in [-0.25, -0.2) is 0 Å². The Kier molecular flexibility index (Phi) is 5.48. The summed E-state index contributed by atoms with van der Waals surface area (Å²) in [7, 11) is 2.04. The number of nitrogens with one attached hydrogen (secondary N) is 2. The summed E-state index contributed by atoms with van der Waals surface area (Å²) in [5.41, 5.74) is 2.10. The van der Waals surface area contributed by atoms with E-state index in [0.717, 1.165) is 18.1 Å². The quantitative estimate of drug-likeness (QED) is 0.722. The minimum atomic E-state index is -4.31. The van der Waals surface area contributed by atoms with Gasteiger partial charge in [0.2, 0.25) is 0 Å². The maximum Gasteiger partial charge on any atom is 0.416 e. The number of alkyl halides is 3. The highest BCUT2D eigenvalue weighted by atomic mass is 19.4. The molecule has 2 fully saturated rings. The van der Waals surface area contributed by atoms with Crippen molar-refractivity contribution < 1.29 is 13.2 Å². The van der Waals surface area contributed by atoms with Gasteiger partial charge in [0.1, 0.15) is 0 Å². The Bertz CT molecular complexity index is 792. The predicted octanol–water partition coefficient (Wildman–Crippen LogP) is 5.35. The standard InChI is InChI=1S/C23H27F3N2/c1-27-19-9-11-20(12-10-19)28-22-14-21(22)16-7-5-15(6-8-16)17-3-2-4-18(13-17)23(24,25)26/h2-8,13,19-22,27-28H,9-12,14H2,1H3. The van der Waals surface area contributed by atoms with Crippen molar-refractivity contribution in [2.75, 3.05) is 7.05 Å². The summed E-state index contributed by atoms with van der Waals surface area (Å²) in [5, 5.41) is 7.17. The SMILES string of the molecule is CNC1CCC(NC2CC2c2ccc(-c3cccc(C(F)(F)F)c3)cc2)CC1. The number of rotatable bonds is 5. The van der Waals surface area contributed by atoms with Crippen molar-refractivity contribution in [3.05, 3.63) is 59.7 Å². The van der Waals surface area contributed by atoms with Crippen molar-refractivity contribution in [3.63, 3.8) is 0 Å². The molecule has 0 amide bonds. The molecule has 5 heteroatoms. The maximum atomic E-state index is 12.9. The molecule has 2 N–H and O–H groups in total. The molecule has 150 valence electrons. The molecule has 2 unspecified atom stereocenters. The van der Waals surface area contributed by atoms with Crippen LogP contribution in [0.1, 0.15) is 49.1 Å². The fourth-order valence-corrected chi connectivity index (χ4v) is 4.40. The summed E-state index contributed by atoms with van der Waals surface area (Å²) >= 11 is 0. The zero-order valence-corrected chi connectivity index (χ0v) is 16.1. The van der Waals surface area contributed by atoms with Gasteiger partial charge in [-0.2, -0.15) is 13.2 Å². The van der Waals surface area contributed by atoms with Crippen molar-refractivity contribution in [3.8, 4) is 11.1 Å². The van der Waals surface area contributed by atoms with Gasteiger partial charge in [-0.05, 0) is 68.0 Å². The van der Waals surface area contributed by atoms with Crippen LogP contribution in [0.15, 0.2) is 48.5 Å². The minimum absolute atomic E-state index is 0.526. The van der Waals surface area contributed by atoms with Crippen LogP contribution in [0.5, 0.6) is 0 Å². The molecule has 2 aliphatic rings. The van der Waals surface area contributed by atoms with Crippen LogP contribution < -0.4 is 10.6 Å². The van der Waals surface area contributed by atoms with E-state index in [1.165, 1.54) is 43.4 Å². The zero-order valence-electron chi connectivity index (χ0n) is 16.1. The Balaban J connectivity index is 1.36. The maximum absolute atomic E-state index is 12.9. The Morgan fingerprint density at radius 2 is 1.54 bits per heavy atom. The zero-order chi connectivity index (χ0) is 19.7. The molecule has 0 aliphatic heterocycles. The first kappa shape index (κ1) is 19.5. The van der Waals surface area contributed by atoms with Gasteiger partial charge in [0.15, 0.2) is 0 Å². The molecule has 2 atom stereocenters. The van der Waals surface area contributed by atoms with E-state index in [-0.39, 0.29) is 0 Å². The number of halogens is 3. The lowest BCUT2D eigenvalue weighted by Gasteiger charge is -2.29. The van der Waals surface area contributed by atoms with Gasteiger partial charge in [-0.1, -0.05) is 36.4 Å². The third-order valence-corrected chi connectivity index (χ3v) is 6.24. The molecule has 4 rings (SSSR count). The van der Waals surface area contributed by atoms with Gasteiger partial charge in [0.05, 0.1) is 5.56 Å². The predicted molar refractivity (Wildman–Crippen MR) is 106 cm³/mol. The van der Waals surface area contributed by atoms with Crippen LogP contribution in [0.2, 0.25) is 0 Å². The molecule has 0 heterocycles. The number of benzene rings is 2. The fourth-order valence-electron chi connectivity index (χ4n) is 4.40. The van der Waals surface area contributed by atoms with Gasteiger partial charge in [-0.15, -0.1) is 0 Å². The molecule has 2 aliphatic carbocycles. The molecule has 0 aromatic heterocycles. The molecular weight excluding hydrogens is 361 g/mol. The number of hydrogen-bond acceptors (Lipinski definition) is 2.